The molecule has 1 unspecified atom stereocenters. The third-order valence-corrected chi connectivity index (χ3v) is 6.49. The Labute approximate surface area is 166 Å². The first-order valence-electron chi connectivity index (χ1n) is 10.5. The van der Waals surface area contributed by atoms with Crippen LogP contribution in [0.15, 0.2) is 16.9 Å². The van der Waals surface area contributed by atoms with Crippen LogP contribution in [0.3, 0.4) is 0 Å². The number of hydrogen-bond acceptors (Lipinski definition) is 4. The first-order chi connectivity index (χ1) is 13.4. The average molecular weight is 383 g/mol. The minimum Gasteiger partial charge on any atom is -0.462 e. The predicted molar refractivity (Wildman–Crippen MR) is 112 cm³/mol. The summed E-state index contributed by atoms with van der Waals surface area (Å²) >= 11 is 0. The molecule has 4 rings (SSSR count). The molecular formula is C23H30N2O3. The molecule has 0 bridgehead atoms. The van der Waals surface area contributed by atoms with Crippen molar-refractivity contribution in [2.45, 2.75) is 58.9 Å². The van der Waals surface area contributed by atoms with E-state index in [0.717, 1.165) is 29.4 Å². The van der Waals surface area contributed by atoms with Crippen LogP contribution >= 0.6 is 0 Å². The number of benzene rings is 1. The van der Waals surface area contributed by atoms with E-state index in [1.54, 1.807) is 18.5 Å². The number of rotatable bonds is 3. The third-order valence-electron chi connectivity index (χ3n) is 6.49. The molecule has 0 amide bonds. The number of aromatic nitrogens is 1. The van der Waals surface area contributed by atoms with Crippen molar-refractivity contribution in [3.8, 4) is 0 Å². The van der Waals surface area contributed by atoms with Gasteiger partial charge in [0.2, 0.25) is 0 Å². The Kier molecular flexibility index (Phi) is 4.94. The second-order valence-electron chi connectivity index (χ2n) is 8.48. The Morgan fingerprint density at radius 1 is 1.25 bits per heavy atom. The third kappa shape index (κ3) is 3.01. The maximum absolute atomic E-state index is 12.9. The number of carbonyl (C=O) groups excluding carboxylic acids is 1. The molecule has 1 fully saturated rings. The fourth-order valence-corrected chi connectivity index (χ4v) is 5.08. The molecule has 2 aliphatic rings. The molecule has 1 saturated carbocycles. The van der Waals surface area contributed by atoms with Crippen molar-refractivity contribution in [2.75, 3.05) is 18.1 Å². The summed E-state index contributed by atoms with van der Waals surface area (Å²) in [5.41, 5.74) is 4.11. The van der Waals surface area contributed by atoms with Gasteiger partial charge in [0.15, 0.2) is 0 Å². The van der Waals surface area contributed by atoms with Gasteiger partial charge in [-0.25, -0.2) is 4.79 Å². The summed E-state index contributed by atoms with van der Waals surface area (Å²) in [5.74, 6) is 0.0732. The lowest BCUT2D eigenvalue weighted by atomic mass is 9.90. The highest BCUT2D eigenvalue weighted by molar-refractivity contribution is 5.98. The maximum atomic E-state index is 12.9. The summed E-state index contributed by atoms with van der Waals surface area (Å²) in [7, 11) is 1.75. The molecule has 2 aromatic rings. The molecule has 0 saturated heterocycles. The number of anilines is 1. The van der Waals surface area contributed by atoms with Crippen molar-refractivity contribution >= 4 is 22.6 Å². The SMILES string of the molecule is CCOC(=O)c1c(C)c2cc3c(cc2n(C)c1=O)N(C1CCCC1)CC(C)C3. The number of nitrogens with zero attached hydrogens (tertiary/aromatic N) is 2. The summed E-state index contributed by atoms with van der Waals surface area (Å²) in [4.78, 5) is 27.9. The Balaban J connectivity index is 1.92. The van der Waals surface area contributed by atoms with Crippen molar-refractivity contribution < 1.29 is 9.53 Å². The number of ether oxygens (including phenoxy) is 1. The van der Waals surface area contributed by atoms with Gasteiger partial charge in [-0.05, 0) is 62.3 Å². The van der Waals surface area contributed by atoms with E-state index in [-0.39, 0.29) is 17.7 Å². The molecule has 0 N–H and O–H groups in total. The normalized spacial score (nSPS) is 19.9. The monoisotopic (exact) mass is 382 g/mol. The molecule has 1 aromatic carbocycles. The van der Waals surface area contributed by atoms with Gasteiger partial charge in [-0.3, -0.25) is 4.79 Å². The Bertz CT molecular complexity index is 986. The van der Waals surface area contributed by atoms with Gasteiger partial charge in [-0.1, -0.05) is 19.8 Å². The Hall–Kier alpha value is -2.30. The lowest BCUT2D eigenvalue weighted by Crippen LogP contribution is -2.41. The molecule has 1 aliphatic heterocycles. The summed E-state index contributed by atoms with van der Waals surface area (Å²) in [6.45, 7) is 7.28. The zero-order chi connectivity index (χ0) is 20.0. The van der Waals surface area contributed by atoms with E-state index in [2.05, 4.69) is 24.0 Å². The van der Waals surface area contributed by atoms with Crippen LogP contribution in [0, 0.1) is 12.8 Å². The van der Waals surface area contributed by atoms with Gasteiger partial charge >= 0.3 is 5.97 Å². The molecule has 2 heterocycles. The average Bonchev–Trinajstić information content (AvgIpc) is 3.19. The van der Waals surface area contributed by atoms with E-state index < -0.39 is 5.97 Å². The molecule has 5 nitrogen and oxygen atoms in total. The molecule has 1 aliphatic carbocycles. The van der Waals surface area contributed by atoms with Gasteiger partial charge in [-0.2, -0.15) is 0 Å². The van der Waals surface area contributed by atoms with Crippen LogP contribution in [-0.4, -0.2) is 29.7 Å². The Morgan fingerprint density at radius 2 is 1.96 bits per heavy atom. The van der Waals surface area contributed by atoms with Crippen molar-refractivity contribution in [1.29, 1.82) is 0 Å². The van der Waals surface area contributed by atoms with Gasteiger partial charge in [0.05, 0.1) is 12.1 Å². The van der Waals surface area contributed by atoms with Crippen molar-refractivity contribution in [1.82, 2.24) is 4.57 Å². The fraction of sp³-hybridized carbons (Fsp3) is 0.565. The van der Waals surface area contributed by atoms with Crippen LogP contribution in [-0.2, 0) is 18.2 Å². The molecule has 28 heavy (non-hydrogen) atoms. The number of fused-ring (bicyclic) bond motifs is 2. The Morgan fingerprint density at radius 3 is 2.64 bits per heavy atom. The molecule has 150 valence electrons. The number of aryl methyl sites for hydroxylation is 2. The number of esters is 1. The number of hydrogen-bond donors (Lipinski definition) is 0. The minimum atomic E-state index is -0.527. The topological polar surface area (TPSA) is 51.5 Å². The van der Waals surface area contributed by atoms with E-state index in [4.69, 9.17) is 4.74 Å². The highest BCUT2D eigenvalue weighted by Crippen LogP contribution is 2.38. The maximum Gasteiger partial charge on any atom is 0.344 e. The first kappa shape index (κ1) is 19.0. The summed E-state index contributed by atoms with van der Waals surface area (Å²) in [6.07, 6.45) is 6.15. The largest absolute Gasteiger partial charge is 0.462 e. The van der Waals surface area contributed by atoms with Crippen molar-refractivity contribution in [3.05, 3.63) is 39.2 Å². The quantitative estimate of drug-likeness (QED) is 0.754. The highest BCUT2D eigenvalue weighted by Gasteiger charge is 2.30. The van der Waals surface area contributed by atoms with Crippen molar-refractivity contribution in [3.63, 3.8) is 0 Å². The van der Waals surface area contributed by atoms with E-state index >= 15 is 0 Å². The first-order valence-corrected chi connectivity index (χ1v) is 10.5. The van der Waals surface area contributed by atoms with Crippen LogP contribution < -0.4 is 10.5 Å². The lowest BCUT2D eigenvalue weighted by Gasteiger charge is -2.39. The standard InChI is InChI=1S/C23H30N2O3/c1-5-28-23(27)21-15(3)18-11-16-10-14(2)13-25(17-8-6-7-9-17)19(16)12-20(18)24(4)22(21)26/h11-12,14,17H,5-10,13H2,1-4H3. The van der Waals surface area contributed by atoms with Gasteiger partial charge < -0.3 is 14.2 Å². The lowest BCUT2D eigenvalue weighted by molar-refractivity contribution is 0.0523. The summed E-state index contributed by atoms with van der Waals surface area (Å²) < 4.78 is 6.76. The molecule has 0 spiro atoms. The van der Waals surface area contributed by atoms with Crippen LogP contribution in [0.5, 0.6) is 0 Å². The van der Waals surface area contributed by atoms with Crippen LogP contribution in [0.4, 0.5) is 5.69 Å². The zero-order valence-corrected chi connectivity index (χ0v) is 17.4. The van der Waals surface area contributed by atoms with Gasteiger partial charge in [-0.15, -0.1) is 0 Å². The van der Waals surface area contributed by atoms with Crippen LogP contribution in [0.25, 0.3) is 10.9 Å². The van der Waals surface area contributed by atoms with E-state index in [1.165, 1.54) is 36.9 Å². The highest BCUT2D eigenvalue weighted by atomic mass is 16.5. The molecule has 1 aromatic heterocycles. The van der Waals surface area contributed by atoms with Gasteiger partial charge in [0, 0.05) is 30.7 Å². The van der Waals surface area contributed by atoms with Gasteiger partial charge in [0.1, 0.15) is 5.56 Å². The number of carbonyl (C=O) groups is 1. The zero-order valence-electron chi connectivity index (χ0n) is 17.4. The minimum absolute atomic E-state index is 0.160. The van der Waals surface area contributed by atoms with Gasteiger partial charge in [0.25, 0.3) is 5.56 Å². The van der Waals surface area contributed by atoms with E-state index in [0.29, 0.717) is 12.0 Å². The predicted octanol–water partition coefficient (Wildman–Crippen LogP) is 3.96. The molecule has 5 heteroatoms. The molecule has 0 radical (unpaired) electrons. The summed E-state index contributed by atoms with van der Waals surface area (Å²) in [6, 6.07) is 4.99. The molecular weight excluding hydrogens is 352 g/mol. The second-order valence-corrected chi connectivity index (χ2v) is 8.48. The second kappa shape index (κ2) is 7.26. The summed E-state index contributed by atoms with van der Waals surface area (Å²) in [5, 5.41) is 0.976. The number of pyridine rings is 1. The smallest absolute Gasteiger partial charge is 0.344 e. The van der Waals surface area contributed by atoms with Crippen molar-refractivity contribution in [2.24, 2.45) is 13.0 Å². The van der Waals surface area contributed by atoms with E-state index in [1.807, 2.05) is 6.92 Å². The van der Waals surface area contributed by atoms with Crippen LogP contribution in [0.2, 0.25) is 0 Å². The van der Waals surface area contributed by atoms with E-state index in [9.17, 15) is 9.59 Å². The fourth-order valence-electron chi connectivity index (χ4n) is 5.08. The van der Waals surface area contributed by atoms with Crippen LogP contribution in [0.1, 0.15) is 61.0 Å². The molecule has 1 atom stereocenters.